The van der Waals surface area contributed by atoms with Crippen molar-refractivity contribution < 1.29 is 9.47 Å². The van der Waals surface area contributed by atoms with Gasteiger partial charge in [0.1, 0.15) is 0 Å². The smallest absolute Gasteiger partial charge is 0.172 e. The van der Waals surface area contributed by atoms with Crippen molar-refractivity contribution in [3.8, 4) is 0 Å². The normalized spacial score (nSPS) is 24.2. The zero-order chi connectivity index (χ0) is 9.73. The molecule has 0 aromatic carbocycles. The quantitative estimate of drug-likeness (QED) is 0.564. The van der Waals surface area contributed by atoms with Gasteiger partial charge in [-0.1, -0.05) is 35.2 Å². The first kappa shape index (κ1) is 11.5. The van der Waals surface area contributed by atoms with Gasteiger partial charge < -0.3 is 9.47 Å². The predicted molar refractivity (Wildman–Crippen MR) is 57.2 cm³/mol. The van der Waals surface area contributed by atoms with Crippen LogP contribution in [0.5, 0.6) is 0 Å². The second kappa shape index (κ2) is 5.32. The Kier molecular flexibility index (Phi) is 4.70. The Bertz CT molecular complexity index is 144. The highest BCUT2D eigenvalue weighted by molar-refractivity contribution is 9.10. The molecular weight excluding hydrogens is 232 g/mol. The van der Waals surface area contributed by atoms with E-state index in [1.165, 1.54) is 19.3 Å². The Morgan fingerprint density at radius 3 is 2.38 bits per heavy atom. The van der Waals surface area contributed by atoms with Crippen LogP contribution >= 0.6 is 15.9 Å². The van der Waals surface area contributed by atoms with Gasteiger partial charge >= 0.3 is 0 Å². The lowest BCUT2D eigenvalue weighted by molar-refractivity contribution is -0.145. The van der Waals surface area contributed by atoms with E-state index in [-0.39, 0.29) is 10.6 Å². The molecule has 78 valence electrons. The van der Waals surface area contributed by atoms with Gasteiger partial charge in [0.2, 0.25) is 0 Å². The van der Waals surface area contributed by atoms with Crippen LogP contribution in [0, 0.1) is 0 Å². The van der Waals surface area contributed by atoms with E-state index in [2.05, 4.69) is 15.9 Å². The number of halogens is 1. The maximum absolute atomic E-state index is 5.56. The zero-order valence-electron chi connectivity index (χ0n) is 8.51. The molecule has 0 amide bonds. The van der Waals surface area contributed by atoms with Crippen molar-refractivity contribution in [1.82, 2.24) is 0 Å². The molecule has 0 bridgehead atoms. The molecule has 0 radical (unpaired) electrons. The molecule has 2 nitrogen and oxygen atoms in total. The van der Waals surface area contributed by atoms with Crippen molar-refractivity contribution in [1.29, 1.82) is 0 Å². The zero-order valence-corrected chi connectivity index (χ0v) is 10.1. The predicted octanol–water partition coefficient (Wildman–Crippen LogP) is 3.09. The molecule has 1 fully saturated rings. The Balaban J connectivity index is 2.52. The van der Waals surface area contributed by atoms with E-state index in [0.717, 1.165) is 12.8 Å². The van der Waals surface area contributed by atoms with Gasteiger partial charge in [-0.05, 0) is 19.8 Å². The number of rotatable bonds is 4. The van der Waals surface area contributed by atoms with Gasteiger partial charge in [0.05, 0.1) is 4.32 Å². The fourth-order valence-corrected chi connectivity index (χ4v) is 2.84. The number of hydrogen-bond acceptors (Lipinski definition) is 2. The number of methoxy groups -OCH3 is 1. The van der Waals surface area contributed by atoms with Crippen LogP contribution < -0.4 is 0 Å². The van der Waals surface area contributed by atoms with Crippen LogP contribution in [0.3, 0.4) is 0 Å². The van der Waals surface area contributed by atoms with Gasteiger partial charge in [-0.25, -0.2) is 0 Å². The number of hydrogen-bond donors (Lipinski definition) is 0. The summed E-state index contributed by atoms with van der Waals surface area (Å²) in [7, 11) is 1.72. The molecule has 0 spiro atoms. The maximum Gasteiger partial charge on any atom is 0.172 e. The highest BCUT2D eigenvalue weighted by Crippen LogP contribution is 2.40. The lowest BCUT2D eigenvalue weighted by Gasteiger charge is -2.37. The Hall–Kier alpha value is 0.400. The van der Waals surface area contributed by atoms with E-state index in [4.69, 9.17) is 9.47 Å². The summed E-state index contributed by atoms with van der Waals surface area (Å²) < 4.78 is 11.0. The van der Waals surface area contributed by atoms with Crippen molar-refractivity contribution in [2.24, 2.45) is 0 Å². The van der Waals surface area contributed by atoms with Crippen molar-refractivity contribution in [2.45, 2.75) is 49.6 Å². The minimum atomic E-state index is -0.0854. The van der Waals surface area contributed by atoms with E-state index < -0.39 is 0 Å². The largest absolute Gasteiger partial charge is 0.354 e. The van der Waals surface area contributed by atoms with Crippen molar-refractivity contribution >= 4 is 15.9 Å². The summed E-state index contributed by atoms with van der Waals surface area (Å²) >= 11 is 3.77. The van der Waals surface area contributed by atoms with Crippen LogP contribution in [0.25, 0.3) is 0 Å². The second-order valence-electron chi connectivity index (χ2n) is 3.62. The molecule has 1 rings (SSSR count). The van der Waals surface area contributed by atoms with Crippen LogP contribution in [-0.4, -0.2) is 24.3 Å². The fraction of sp³-hybridized carbons (Fsp3) is 1.00. The average molecular weight is 251 g/mol. The number of ether oxygens (including phenoxy) is 2. The molecule has 0 heterocycles. The Morgan fingerprint density at radius 2 is 1.92 bits per heavy atom. The highest BCUT2D eigenvalue weighted by Gasteiger charge is 2.38. The molecule has 1 saturated carbocycles. The molecule has 0 aromatic rings. The van der Waals surface area contributed by atoms with Gasteiger partial charge in [0.25, 0.3) is 0 Å². The van der Waals surface area contributed by atoms with Crippen molar-refractivity contribution in [2.75, 3.05) is 13.7 Å². The summed E-state index contributed by atoms with van der Waals surface area (Å²) in [6.45, 7) is 2.72. The van der Waals surface area contributed by atoms with E-state index >= 15 is 0 Å². The van der Waals surface area contributed by atoms with Crippen LogP contribution in [0.2, 0.25) is 0 Å². The summed E-state index contributed by atoms with van der Waals surface area (Å²) in [5.41, 5.74) is 0. The third-order valence-electron chi connectivity index (χ3n) is 2.64. The average Bonchev–Trinajstić information content (AvgIpc) is 2.15. The molecule has 0 saturated heterocycles. The van der Waals surface area contributed by atoms with Crippen LogP contribution in [-0.2, 0) is 9.47 Å². The van der Waals surface area contributed by atoms with Gasteiger partial charge in [-0.15, -0.1) is 0 Å². The lowest BCUT2D eigenvalue weighted by atomic mass is 9.88. The summed E-state index contributed by atoms with van der Waals surface area (Å²) in [5, 5.41) is 0. The van der Waals surface area contributed by atoms with E-state index in [9.17, 15) is 0 Å². The maximum atomic E-state index is 5.56. The van der Waals surface area contributed by atoms with E-state index in [0.29, 0.717) is 6.61 Å². The SMILES string of the molecule is CCOC(OC)C1(Br)CCCCC1. The molecule has 13 heavy (non-hydrogen) atoms. The van der Waals surface area contributed by atoms with Crippen molar-refractivity contribution in [3.63, 3.8) is 0 Å². The van der Waals surface area contributed by atoms with Gasteiger partial charge in [-0.2, -0.15) is 0 Å². The van der Waals surface area contributed by atoms with Crippen LogP contribution in [0.15, 0.2) is 0 Å². The minimum Gasteiger partial charge on any atom is -0.354 e. The first-order chi connectivity index (χ1) is 6.23. The molecule has 1 aliphatic carbocycles. The molecule has 1 aliphatic rings. The van der Waals surface area contributed by atoms with Gasteiger partial charge in [0.15, 0.2) is 6.29 Å². The monoisotopic (exact) mass is 250 g/mol. The topological polar surface area (TPSA) is 18.5 Å². The molecular formula is C10H19BrO2. The summed E-state index contributed by atoms with van der Waals surface area (Å²) in [4.78, 5) is 0. The van der Waals surface area contributed by atoms with Crippen molar-refractivity contribution in [3.05, 3.63) is 0 Å². The second-order valence-corrected chi connectivity index (χ2v) is 5.20. The lowest BCUT2D eigenvalue weighted by Crippen LogP contribution is -2.41. The molecule has 3 heteroatoms. The molecule has 0 aromatic heterocycles. The summed E-state index contributed by atoms with van der Waals surface area (Å²) in [6, 6.07) is 0. The van der Waals surface area contributed by atoms with E-state index in [1.807, 2.05) is 6.92 Å². The van der Waals surface area contributed by atoms with Crippen LogP contribution in [0.4, 0.5) is 0 Å². The summed E-state index contributed by atoms with van der Waals surface area (Å²) in [6.07, 6.45) is 6.13. The third kappa shape index (κ3) is 2.93. The van der Waals surface area contributed by atoms with Gasteiger partial charge in [0, 0.05) is 13.7 Å². The first-order valence-corrected chi connectivity index (χ1v) is 5.85. The van der Waals surface area contributed by atoms with Crippen LogP contribution in [0.1, 0.15) is 39.0 Å². The molecule has 1 atom stereocenters. The molecule has 1 unspecified atom stereocenters. The van der Waals surface area contributed by atoms with E-state index in [1.54, 1.807) is 7.11 Å². The summed E-state index contributed by atoms with van der Waals surface area (Å²) in [5.74, 6) is 0. The Morgan fingerprint density at radius 1 is 1.31 bits per heavy atom. The van der Waals surface area contributed by atoms with Gasteiger partial charge in [-0.3, -0.25) is 0 Å². The molecule has 0 aliphatic heterocycles. The number of alkyl halides is 1. The third-order valence-corrected chi connectivity index (χ3v) is 3.81. The molecule has 0 N–H and O–H groups in total. The Labute approximate surface area is 89.1 Å². The standard InChI is InChI=1S/C10H19BrO2/c1-3-13-9(12-2)10(11)7-5-4-6-8-10/h9H,3-8H2,1-2H3. The first-order valence-electron chi connectivity index (χ1n) is 5.06. The highest BCUT2D eigenvalue weighted by atomic mass is 79.9. The minimum absolute atomic E-state index is 0.0655. The fourth-order valence-electron chi connectivity index (χ4n) is 1.96.